The molecule has 6 nitrogen and oxygen atoms in total. The molecule has 2 aromatic carbocycles. The fraction of sp³-hybridized carbons (Fsp3) is 0.208. The van der Waals surface area contributed by atoms with Crippen LogP contribution in [0.25, 0.3) is 5.69 Å². The highest BCUT2D eigenvalue weighted by Gasteiger charge is 2.13. The van der Waals surface area contributed by atoms with Gasteiger partial charge in [0.05, 0.1) is 18.4 Å². The van der Waals surface area contributed by atoms with Crippen LogP contribution in [-0.4, -0.2) is 29.3 Å². The lowest BCUT2D eigenvalue weighted by molar-refractivity contribution is 0.0526. The molecular formula is C24H25N3O3. The number of esters is 1. The third-order valence-electron chi connectivity index (χ3n) is 4.85. The first-order valence-corrected chi connectivity index (χ1v) is 9.78. The van der Waals surface area contributed by atoms with E-state index in [4.69, 9.17) is 4.74 Å². The molecule has 0 saturated carbocycles. The molecule has 0 saturated heterocycles. The minimum absolute atomic E-state index is 0.250. The highest BCUT2D eigenvalue weighted by atomic mass is 16.5. The zero-order valence-electron chi connectivity index (χ0n) is 17.6. The zero-order chi connectivity index (χ0) is 21.7. The van der Waals surface area contributed by atoms with E-state index in [1.54, 1.807) is 31.3 Å². The SMILES string of the molecule is CCOC(=O)c1cccc(-n2c(C)cc(/C=N/NC(=O)c3ccccc3C)c2C)c1. The number of aromatic nitrogens is 1. The van der Waals surface area contributed by atoms with E-state index in [-0.39, 0.29) is 11.9 Å². The molecule has 1 N–H and O–H groups in total. The molecule has 1 amide bonds. The van der Waals surface area contributed by atoms with Gasteiger partial charge in [-0.1, -0.05) is 24.3 Å². The summed E-state index contributed by atoms with van der Waals surface area (Å²) in [6.45, 7) is 7.95. The van der Waals surface area contributed by atoms with Gasteiger partial charge in [-0.3, -0.25) is 4.79 Å². The summed E-state index contributed by atoms with van der Waals surface area (Å²) < 4.78 is 7.13. The number of hydrogen-bond acceptors (Lipinski definition) is 4. The summed E-state index contributed by atoms with van der Waals surface area (Å²) in [4.78, 5) is 24.4. The Bertz CT molecular complexity index is 1110. The first-order chi connectivity index (χ1) is 14.4. The van der Waals surface area contributed by atoms with Crippen molar-refractivity contribution in [2.45, 2.75) is 27.7 Å². The average Bonchev–Trinajstić information content (AvgIpc) is 3.01. The lowest BCUT2D eigenvalue weighted by Crippen LogP contribution is -2.18. The molecule has 0 fully saturated rings. The normalized spacial score (nSPS) is 10.9. The van der Waals surface area contributed by atoms with Crippen molar-refractivity contribution in [1.82, 2.24) is 9.99 Å². The van der Waals surface area contributed by atoms with Gasteiger partial charge in [0.2, 0.25) is 0 Å². The van der Waals surface area contributed by atoms with Gasteiger partial charge < -0.3 is 9.30 Å². The molecule has 0 atom stereocenters. The van der Waals surface area contributed by atoms with Crippen LogP contribution in [0.15, 0.2) is 59.7 Å². The quantitative estimate of drug-likeness (QED) is 0.378. The van der Waals surface area contributed by atoms with Crippen molar-refractivity contribution in [2.24, 2.45) is 5.10 Å². The Balaban J connectivity index is 1.82. The Morgan fingerprint density at radius 1 is 1.07 bits per heavy atom. The van der Waals surface area contributed by atoms with E-state index in [0.717, 1.165) is 28.2 Å². The number of nitrogens with one attached hydrogen (secondary N) is 1. The Hall–Kier alpha value is -3.67. The summed E-state index contributed by atoms with van der Waals surface area (Å²) in [5.41, 5.74) is 8.24. The van der Waals surface area contributed by atoms with E-state index in [1.807, 2.05) is 61.7 Å². The number of rotatable bonds is 6. The molecule has 1 aromatic heterocycles. The fourth-order valence-corrected chi connectivity index (χ4v) is 3.35. The van der Waals surface area contributed by atoms with Gasteiger partial charge >= 0.3 is 5.97 Å². The highest BCUT2D eigenvalue weighted by Crippen LogP contribution is 2.21. The van der Waals surface area contributed by atoms with Crippen molar-refractivity contribution < 1.29 is 14.3 Å². The number of amides is 1. The molecule has 3 rings (SSSR count). The van der Waals surface area contributed by atoms with Gasteiger partial charge in [0.1, 0.15) is 0 Å². The Kier molecular flexibility index (Phi) is 6.47. The van der Waals surface area contributed by atoms with Gasteiger partial charge in [0.25, 0.3) is 5.91 Å². The van der Waals surface area contributed by atoms with E-state index in [1.165, 1.54) is 0 Å². The second-order valence-electron chi connectivity index (χ2n) is 6.95. The van der Waals surface area contributed by atoms with Crippen LogP contribution in [-0.2, 0) is 4.74 Å². The van der Waals surface area contributed by atoms with Crippen molar-refractivity contribution in [1.29, 1.82) is 0 Å². The van der Waals surface area contributed by atoms with Crippen molar-refractivity contribution in [2.75, 3.05) is 6.61 Å². The zero-order valence-corrected chi connectivity index (χ0v) is 17.6. The lowest BCUT2D eigenvalue weighted by Gasteiger charge is -2.11. The summed E-state index contributed by atoms with van der Waals surface area (Å²) >= 11 is 0. The molecule has 0 radical (unpaired) electrons. The number of aryl methyl sites for hydroxylation is 2. The third-order valence-corrected chi connectivity index (χ3v) is 4.85. The summed E-state index contributed by atoms with van der Waals surface area (Å²) in [5.74, 6) is -0.595. The predicted octanol–water partition coefficient (Wildman–Crippen LogP) is 4.34. The standard InChI is InChI=1S/C24H25N3O3/c1-5-30-24(29)19-10-8-11-21(14-19)27-17(3)13-20(18(27)4)15-25-26-23(28)22-12-7-6-9-16(22)2/h6-15H,5H2,1-4H3,(H,26,28)/b25-15+. The van der Waals surface area contributed by atoms with Gasteiger partial charge in [0.15, 0.2) is 0 Å². The summed E-state index contributed by atoms with van der Waals surface area (Å²) in [6, 6.07) is 16.7. The van der Waals surface area contributed by atoms with Crippen molar-refractivity contribution in [3.63, 3.8) is 0 Å². The number of carbonyl (C=O) groups is 2. The third kappa shape index (κ3) is 4.49. The van der Waals surface area contributed by atoms with E-state index in [2.05, 4.69) is 10.5 Å². The Morgan fingerprint density at radius 3 is 2.57 bits per heavy atom. The highest BCUT2D eigenvalue weighted by molar-refractivity contribution is 5.96. The molecule has 0 unspecified atom stereocenters. The maximum atomic E-state index is 12.3. The molecule has 6 heteroatoms. The Morgan fingerprint density at radius 2 is 1.83 bits per heavy atom. The largest absolute Gasteiger partial charge is 0.462 e. The van der Waals surface area contributed by atoms with Crippen LogP contribution in [0.5, 0.6) is 0 Å². The van der Waals surface area contributed by atoms with E-state index >= 15 is 0 Å². The van der Waals surface area contributed by atoms with E-state index in [0.29, 0.717) is 17.7 Å². The second-order valence-corrected chi connectivity index (χ2v) is 6.95. The van der Waals surface area contributed by atoms with Crippen LogP contribution in [0, 0.1) is 20.8 Å². The van der Waals surface area contributed by atoms with Crippen molar-refractivity contribution in [3.05, 3.63) is 88.2 Å². The number of carbonyl (C=O) groups excluding carboxylic acids is 2. The van der Waals surface area contributed by atoms with Crippen LogP contribution in [0.1, 0.15) is 50.2 Å². The molecule has 154 valence electrons. The summed E-state index contributed by atoms with van der Waals surface area (Å²) in [6.07, 6.45) is 1.63. The molecule has 0 bridgehead atoms. The van der Waals surface area contributed by atoms with Gasteiger partial charge in [0, 0.05) is 28.2 Å². The van der Waals surface area contributed by atoms with Gasteiger partial charge in [-0.25, -0.2) is 10.2 Å². The average molecular weight is 403 g/mol. The minimum Gasteiger partial charge on any atom is -0.462 e. The fourth-order valence-electron chi connectivity index (χ4n) is 3.35. The minimum atomic E-state index is -0.345. The van der Waals surface area contributed by atoms with Crippen LogP contribution < -0.4 is 5.43 Å². The molecule has 0 aliphatic carbocycles. The maximum Gasteiger partial charge on any atom is 0.338 e. The molecule has 0 aliphatic heterocycles. The smallest absolute Gasteiger partial charge is 0.338 e. The Labute approximate surface area is 176 Å². The topological polar surface area (TPSA) is 72.7 Å². The number of nitrogens with zero attached hydrogens (tertiary/aromatic N) is 2. The van der Waals surface area contributed by atoms with Crippen LogP contribution in [0.2, 0.25) is 0 Å². The van der Waals surface area contributed by atoms with E-state index in [9.17, 15) is 9.59 Å². The molecule has 30 heavy (non-hydrogen) atoms. The number of benzene rings is 2. The van der Waals surface area contributed by atoms with Gasteiger partial charge in [-0.2, -0.15) is 5.10 Å². The molecule has 0 aliphatic rings. The van der Waals surface area contributed by atoms with Crippen LogP contribution >= 0.6 is 0 Å². The van der Waals surface area contributed by atoms with Crippen molar-refractivity contribution >= 4 is 18.1 Å². The first kappa shape index (κ1) is 21.0. The van der Waals surface area contributed by atoms with Gasteiger partial charge in [-0.05, 0) is 63.6 Å². The summed E-state index contributed by atoms with van der Waals surface area (Å²) in [7, 11) is 0. The maximum absolute atomic E-state index is 12.3. The predicted molar refractivity (Wildman–Crippen MR) is 117 cm³/mol. The number of hydrazone groups is 1. The van der Waals surface area contributed by atoms with Crippen LogP contribution in [0.4, 0.5) is 0 Å². The van der Waals surface area contributed by atoms with E-state index < -0.39 is 0 Å². The number of hydrogen-bond donors (Lipinski definition) is 1. The molecular weight excluding hydrogens is 378 g/mol. The first-order valence-electron chi connectivity index (χ1n) is 9.78. The van der Waals surface area contributed by atoms with Gasteiger partial charge in [-0.15, -0.1) is 0 Å². The molecule has 1 heterocycles. The molecule has 0 spiro atoms. The van der Waals surface area contributed by atoms with Crippen molar-refractivity contribution in [3.8, 4) is 5.69 Å². The monoisotopic (exact) mass is 403 g/mol. The number of ether oxygens (including phenoxy) is 1. The molecule has 3 aromatic rings. The summed E-state index contributed by atoms with van der Waals surface area (Å²) in [5, 5.41) is 4.13. The van der Waals surface area contributed by atoms with Crippen LogP contribution in [0.3, 0.4) is 0 Å². The second kappa shape index (κ2) is 9.22. The lowest BCUT2D eigenvalue weighted by atomic mass is 10.1.